The predicted molar refractivity (Wildman–Crippen MR) is 111 cm³/mol. The second-order valence-electron chi connectivity index (χ2n) is 7.53. The first kappa shape index (κ1) is 19.3. The van der Waals surface area contributed by atoms with Crippen LogP contribution in [0.3, 0.4) is 0 Å². The molecule has 1 amide bonds. The van der Waals surface area contributed by atoms with Gasteiger partial charge in [0, 0.05) is 30.6 Å². The molecule has 1 aliphatic heterocycles. The molecule has 2 aromatic heterocycles. The van der Waals surface area contributed by atoms with Crippen LogP contribution in [-0.4, -0.2) is 44.8 Å². The molecule has 0 aliphatic carbocycles. The highest BCUT2D eigenvalue weighted by atomic mass is 16.5. The van der Waals surface area contributed by atoms with E-state index in [4.69, 9.17) is 4.74 Å². The monoisotopic (exact) mass is 390 g/mol. The molecule has 3 heterocycles. The third-order valence-corrected chi connectivity index (χ3v) is 5.18. The van der Waals surface area contributed by atoms with Crippen molar-refractivity contribution in [2.75, 3.05) is 13.2 Å². The Kier molecular flexibility index (Phi) is 5.71. The lowest BCUT2D eigenvalue weighted by Crippen LogP contribution is -2.37. The van der Waals surface area contributed by atoms with Crippen molar-refractivity contribution in [2.24, 2.45) is 0 Å². The van der Waals surface area contributed by atoms with Gasteiger partial charge in [0.2, 0.25) is 0 Å². The number of hydrogen-bond donors (Lipinski definition) is 0. The second-order valence-corrected chi connectivity index (χ2v) is 7.53. The normalized spacial score (nSPS) is 16.1. The molecule has 150 valence electrons. The highest BCUT2D eigenvalue weighted by Crippen LogP contribution is 2.18. The average Bonchev–Trinajstić information content (AvgIpc) is 3.37. The number of nitrogens with zero attached hydrogens (tertiary/aromatic N) is 4. The van der Waals surface area contributed by atoms with Crippen molar-refractivity contribution in [2.45, 2.75) is 39.3 Å². The van der Waals surface area contributed by atoms with Gasteiger partial charge in [-0.3, -0.25) is 9.78 Å². The van der Waals surface area contributed by atoms with Gasteiger partial charge in [-0.25, -0.2) is 4.68 Å². The molecular formula is C23H26N4O2. The first-order chi connectivity index (χ1) is 14.1. The number of carbonyl (C=O) groups excluding carboxylic acids is 1. The fourth-order valence-electron chi connectivity index (χ4n) is 3.76. The number of amides is 1. The minimum absolute atomic E-state index is 0.00827. The van der Waals surface area contributed by atoms with Crippen LogP contribution >= 0.6 is 0 Å². The molecule has 0 radical (unpaired) electrons. The zero-order valence-corrected chi connectivity index (χ0v) is 16.9. The number of ether oxygens (including phenoxy) is 1. The zero-order chi connectivity index (χ0) is 20.2. The van der Waals surface area contributed by atoms with Gasteiger partial charge in [-0.15, -0.1) is 0 Å². The summed E-state index contributed by atoms with van der Waals surface area (Å²) in [5, 5.41) is 4.51. The van der Waals surface area contributed by atoms with Crippen LogP contribution in [0.5, 0.6) is 0 Å². The highest BCUT2D eigenvalue weighted by molar-refractivity contribution is 5.94. The molecule has 29 heavy (non-hydrogen) atoms. The van der Waals surface area contributed by atoms with E-state index >= 15 is 0 Å². The van der Waals surface area contributed by atoms with Crippen molar-refractivity contribution in [3.63, 3.8) is 0 Å². The highest BCUT2D eigenvalue weighted by Gasteiger charge is 2.24. The van der Waals surface area contributed by atoms with Crippen LogP contribution < -0.4 is 0 Å². The summed E-state index contributed by atoms with van der Waals surface area (Å²) in [5.41, 5.74) is 4.52. The molecule has 6 nitrogen and oxygen atoms in total. The lowest BCUT2D eigenvalue weighted by molar-refractivity contribution is 0.0504. The lowest BCUT2D eigenvalue weighted by Gasteiger charge is -2.25. The number of rotatable bonds is 6. The van der Waals surface area contributed by atoms with Gasteiger partial charge in [0.15, 0.2) is 0 Å². The quantitative estimate of drug-likeness (QED) is 0.644. The SMILES string of the molecule is Cc1cc(C)n(-c2ccc(C(=O)N(Cc3ccccn3)CC3CCCO3)cc2)n1. The zero-order valence-electron chi connectivity index (χ0n) is 16.9. The van der Waals surface area contributed by atoms with Crippen molar-refractivity contribution < 1.29 is 9.53 Å². The first-order valence-electron chi connectivity index (χ1n) is 10.0. The third-order valence-electron chi connectivity index (χ3n) is 5.18. The van der Waals surface area contributed by atoms with E-state index in [1.54, 1.807) is 6.20 Å². The van der Waals surface area contributed by atoms with Gasteiger partial charge in [-0.1, -0.05) is 6.07 Å². The van der Waals surface area contributed by atoms with E-state index in [-0.39, 0.29) is 12.0 Å². The van der Waals surface area contributed by atoms with E-state index in [1.165, 1.54) is 0 Å². The van der Waals surface area contributed by atoms with Crippen LogP contribution in [0, 0.1) is 13.8 Å². The van der Waals surface area contributed by atoms with Crippen LogP contribution in [0.2, 0.25) is 0 Å². The van der Waals surface area contributed by atoms with Gasteiger partial charge >= 0.3 is 0 Å². The molecule has 4 rings (SSSR count). The van der Waals surface area contributed by atoms with Crippen molar-refractivity contribution in [1.29, 1.82) is 0 Å². The van der Waals surface area contributed by atoms with E-state index in [0.29, 0.717) is 18.7 Å². The summed E-state index contributed by atoms with van der Waals surface area (Å²) in [6.07, 6.45) is 3.89. The van der Waals surface area contributed by atoms with Crippen LogP contribution in [0.1, 0.15) is 40.3 Å². The first-order valence-corrected chi connectivity index (χ1v) is 10.0. The molecule has 6 heteroatoms. The molecule has 0 N–H and O–H groups in total. The number of hydrogen-bond acceptors (Lipinski definition) is 4. The number of carbonyl (C=O) groups is 1. The van der Waals surface area contributed by atoms with E-state index in [9.17, 15) is 4.79 Å². The number of pyridine rings is 1. The second kappa shape index (κ2) is 8.57. The minimum atomic E-state index is -0.00827. The fourth-order valence-corrected chi connectivity index (χ4v) is 3.76. The molecule has 3 aromatic rings. The number of benzene rings is 1. The van der Waals surface area contributed by atoms with E-state index in [0.717, 1.165) is 42.2 Å². The number of aromatic nitrogens is 3. The minimum Gasteiger partial charge on any atom is -0.376 e. The third kappa shape index (κ3) is 4.54. The fraction of sp³-hybridized carbons (Fsp3) is 0.348. The summed E-state index contributed by atoms with van der Waals surface area (Å²) in [4.78, 5) is 19.5. The summed E-state index contributed by atoms with van der Waals surface area (Å²) in [7, 11) is 0. The van der Waals surface area contributed by atoms with E-state index in [2.05, 4.69) is 10.1 Å². The molecule has 1 atom stereocenters. The van der Waals surface area contributed by atoms with Crippen molar-refractivity contribution in [3.8, 4) is 5.69 Å². The molecule has 1 unspecified atom stereocenters. The summed E-state index contributed by atoms with van der Waals surface area (Å²) in [6.45, 7) is 5.82. The Hall–Kier alpha value is -2.99. The van der Waals surface area contributed by atoms with Gasteiger partial charge in [-0.05, 0) is 69.2 Å². The Bertz CT molecular complexity index is 960. The van der Waals surface area contributed by atoms with Crippen molar-refractivity contribution >= 4 is 5.91 Å². The number of aryl methyl sites for hydroxylation is 2. The largest absolute Gasteiger partial charge is 0.376 e. The Balaban J connectivity index is 1.55. The molecule has 0 spiro atoms. The summed E-state index contributed by atoms with van der Waals surface area (Å²) in [5.74, 6) is -0.00827. The maximum atomic E-state index is 13.3. The van der Waals surface area contributed by atoms with Crippen LogP contribution in [0.25, 0.3) is 5.69 Å². The molecule has 1 fully saturated rings. The smallest absolute Gasteiger partial charge is 0.254 e. The predicted octanol–water partition coefficient (Wildman–Crippen LogP) is 3.71. The summed E-state index contributed by atoms with van der Waals surface area (Å²) >= 11 is 0. The molecule has 1 aliphatic rings. The summed E-state index contributed by atoms with van der Waals surface area (Å²) < 4.78 is 7.66. The van der Waals surface area contributed by atoms with Crippen LogP contribution in [0.4, 0.5) is 0 Å². The molecular weight excluding hydrogens is 364 g/mol. The maximum Gasteiger partial charge on any atom is 0.254 e. The maximum absolute atomic E-state index is 13.3. The van der Waals surface area contributed by atoms with Gasteiger partial charge < -0.3 is 9.64 Å². The Morgan fingerprint density at radius 1 is 1.21 bits per heavy atom. The van der Waals surface area contributed by atoms with Crippen LogP contribution in [0.15, 0.2) is 54.7 Å². The molecule has 0 bridgehead atoms. The Labute approximate surface area is 171 Å². The van der Waals surface area contributed by atoms with Gasteiger partial charge in [0.1, 0.15) is 0 Å². The van der Waals surface area contributed by atoms with Gasteiger partial charge in [0.05, 0.1) is 29.7 Å². The Morgan fingerprint density at radius 2 is 2.03 bits per heavy atom. The standard InChI is InChI=1S/C23H26N4O2/c1-17-14-18(2)27(25-17)21-10-8-19(9-11-21)23(28)26(16-22-7-5-13-29-22)15-20-6-3-4-12-24-20/h3-4,6,8-12,14,22H,5,7,13,15-16H2,1-2H3. The lowest BCUT2D eigenvalue weighted by atomic mass is 10.1. The topological polar surface area (TPSA) is 60.2 Å². The molecule has 1 saturated heterocycles. The molecule has 1 aromatic carbocycles. The van der Waals surface area contributed by atoms with Crippen molar-refractivity contribution in [1.82, 2.24) is 19.7 Å². The Morgan fingerprint density at radius 3 is 2.66 bits per heavy atom. The van der Waals surface area contributed by atoms with Crippen molar-refractivity contribution in [3.05, 3.63) is 77.4 Å². The van der Waals surface area contributed by atoms with E-state index in [1.807, 2.05) is 72.0 Å². The van der Waals surface area contributed by atoms with Gasteiger partial charge in [0.25, 0.3) is 5.91 Å². The van der Waals surface area contributed by atoms with E-state index < -0.39 is 0 Å². The van der Waals surface area contributed by atoms with Gasteiger partial charge in [-0.2, -0.15) is 5.10 Å². The van der Waals surface area contributed by atoms with Crippen LogP contribution in [-0.2, 0) is 11.3 Å². The summed E-state index contributed by atoms with van der Waals surface area (Å²) in [6, 6.07) is 15.4. The average molecular weight is 390 g/mol. The molecule has 0 saturated carbocycles.